The Morgan fingerprint density at radius 2 is 1.00 bits per heavy atom. The zero-order valence-corrected chi connectivity index (χ0v) is 5.98. The van der Waals surface area contributed by atoms with E-state index in [-0.39, 0.29) is 59.7 Å². The second-order valence-electron chi connectivity index (χ2n) is 0. The normalized spacial score (nSPS) is 0. The fourth-order valence-corrected chi connectivity index (χ4v) is 0. The van der Waals surface area contributed by atoms with Crippen molar-refractivity contribution in [2.45, 2.75) is 0 Å². The van der Waals surface area contributed by atoms with Crippen molar-refractivity contribution in [2.75, 3.05) is 0 Å². The summed E-state index contributed by atoms with van der Waals surface area (Å²) in [5.74, 6) is 0. The molecule has 0 unspecified atom stereocenters. The summed E-state index contributed by atoms with van der Waals surface area (Å²) in [5, 5.41) is 0. The summed E-state index contributed by atoms with van der Waals surface area (Å²) in [6, 6.07) is 0. The van der Waals surface area contributed by atoms with Gasteiger partial charge in [0.2, 0.25) is 0 Å². The maximum atomic E-state index is 0. The van der Waals surface area contributed by atoms with Gasteiger partial charge in [-0.25, -0.2) is 0 Å². The SMILES string of the molecule is [B].[Si].[Ti].[V]. The van der Waals surface area contributed by atoms with E-state index < -0.39 is 0 Å². The van der Waals surface area contributed by atoms with Crippen molar-refractivity contribution in [3.8, 4) is 0 Å². The van der Waals surface area contributed by atoms with E-state index in [1.165, 1.54) is 0 Å². The van der Waals surface area contributed by atoms with E-state index in [4.69, 9.17) is 0 Å². The smallest absolute Gasteiger partial charge is 0 e. The van der Waals surface area contributed by atoms with Gasteiger partial charge in [-0.15, -0.1) is 0 Å². The Labute approximate surface area is 59.5 Å². The van der Waals surface area contributed by atoms with Gasteiger partial charge in [0, 0.05) is 59.7 Å². The van der Waals surface area contributed by atoms with Crippen LogP contribution < -0.4 is 0 Å². The molecule has 8 radical (unpaired) electrons. The second kappa shape index (κ2) is 23.5. The summed E-state index contributed by atoms with van der Waals surface area (Å²) in [5.41, 5.74) is 0. The molecule has 16 valence electrons. The first-order chi connectivity index (χ1) is 0. The Bertz CT molecular complexity index is 8.00. The molecule has 4 heavy (non-hydrogen) atoms. The fraction of sp³-hybridized carbons (Fsp3) is 0. The second-order valence-corrected chi connectivity index (χ2v) is 0. The van der Waals surface area contributed by atoms with Gasteiger partial charge in [-0.05, 0) is 0 Å². The zero-order valence-electron chi connectivity index (χ0n) is 2.02. The summed E-state index contributed by atoms with van der Waals surface area (Å²) in [6.07, 6.45) is 0. The molecule has 0 atom stereocenters. The van der Waals surface area contributed by atoms with Crippen molar-refractivity contribution in [3.05, 3.63) is 0 Å². The van der Waals surface area contributed by atoms with Gasteiger partial charge < -0.3 is 0 Å². The van der Waals surface area contributed by atoms with Gasteiger partial charge in [-0.2, -0.15) is 0 Å². The Morgan fingerprint density at radius 1 is 1.00 bits per heavy atom. The fourth-order valence-electron chi connectivity index (χ4n) is 0. The molecule has 0 saturated carbocycles. The van der Waals surface area contributed by atoms with Crippen LogP contribution in [0.15, 0.2) is 0 Å². The summed E-state index contributed by atoms with van der Waals surface area (Å²) < 4.78 is 0. The van der Waals surface area contributed by atoms with Crippen LogP contribution in [0.4, 0.5) is 0 Å². The molecule has 0 heterocycles. The van der Waals surface area contributed by atoms with Crippen LogP contribution in [0.5, 0.6) is 0 Å². The predicted molar refractivity (Wildman–Crippen MR) is 11.5 cm³/mol. The maximum absolute atomic E-state index is 0. The quantitative estimate of drug-likeness (QED) is 0.385. The maximum Gasteiger partial charge on any atom is 0 e. The Hall–Kier alpha value is 1.58. The van der Waals surface area contributed by atoms with Crippen LogP contribution in [-0.4, -0.2) is 19.4 Å². The molecule has 0 aliphatic rings. The average molecular weight is 138 g/mol. The van der Waals surface area contributed by atoms with Gasteiger partial charge in [-0.1, -0.05) is 0 Å². The van der Waals surface area contributed by atoms with E-state index in [0.717, 1.165) is 0 Å². The van der Waals surface area contributed by atoms with Gasteiger partial charge in [-0.3, -0.25) is 0 Å². The van der Waals surface area contributed by atoms with Crippen molar-refractivity contribution in [2.24, 2.45) is 0 Å². The van der Waals surface area contributed by atoms with E-state index in [1.807, 2.05) is 0 Å². The molecule has 0 saturated heterocycles. The standard InChI is InChI=1S/B.Si.Ti.V. The van der Waals surface area contributed by atoms with Gasteiger partial charge in [0.05, 0.1) is 0 Å². The van der Waals surface area contributed by atoms with Crippen molar-refractivity contribution >= 4 is 19.4 Å². The van der Waals surface area contributed by atoms with Crippen molar-refractivity contribution in [3.63, 3.8) is 0 Å². The van der Waals surface area contributed by atoms with Crippen LogP contribution in [0.2, 0.25) is 0 Å². The molecule has 0 amide bonds. The first kappa shape index (κ1) is 46.9. The van der Waals surface area contributed by atoms with E-state index in [2.05, 4.69) is 0 Å². The van der Waals surface area contributed by atoms with E-state index in [9.17, 15) is 0 Å². The van der Waals surface area contributed by atoms with Crippen molar-refractivity contribution in [1.82, 2.24) is 0 Å². The van der Waals surface area contributed by atoms with Crippen LogP contribution in [0.1, 0.15) is 0 Å². The minimum atomic E-state index is 0. The third kappa shape index (κ3) is 9.54. The summed E-state index contributed by atoms with van der Waals surface area (Å²) >= 11 is 0. The minimum absolute atomic E-state index is 0. The van der Waals surface area contributed by atoms with E-state index in [0.29, 0.717) is 0 Å². The molecular formula is BSiTiV. The molecule has 0 aromatic heterocycles. The van der Waals surface area contributed by atoms with Crippen LogP contribution >= 0.6 is 0 Å². The number of hydrogen-bond acceptors (Lipinski definition) is 0. The van der Waals surface area contributed by atoms with Gasteiger partial charge in [0.25, 0.3) is 0 Å². The molecule has 0 spiro atoms. The molecular weight excluding hydrogens is 138 g/mol. The summed E-state index contributed by atoms with van der Waals surface area (Å²) in [6.45, 7) is 0. The molecule has 0 aromatic carbocycles. The monoisotopic (exact) mass is 138 g/mol. The third-order valence-corrected chi connectivity index (χ3v) is 0. The van der Waals surface area contributed by atoms with Crippen LogP contribution in [0, 0.1) is 0 Å². The molecule has 0 bridgehead atoms. The molecule has 0 nitrogen and oxygen atoms in total. The Kier molecular flexibility index (Phi) is 275. The Morgan fingerprint density at radius 3 is 1.00 bits per heavy atom. The largest absolute Gasteiger partial charge is 0 e. The Balaban J connectivity index is 0. The molecule has 0 rings (SSSR count). The van der Waals surface area contributed by atoms with Gasteiger partial charge >= 0.3 is 0 Å². The van der Waals surface area contributed by atoms with E-state index >= 15 is 0 Å². The summed E-state index contributed by atoms with van der Waals surface area (Å²) in [4.78, 5) is 0. The van der Waals surface area contributed by atoms with Crippen molar-refractivity contribution in [1.29, 1.82) is 0 Å². The minimum Gasteiger partial charge on any atom is 0 e. The van der Waals surface area contributed by atoms with Gasteiger partial charge in [0.15, 0.2) is 0 Å². The third-order valence-electron chi connectivity index (χ3n) is 0. The van der Waals surface area contributed by atoms with Crippen molar-refractivity contribution < 1.29 is 40.3 Å². The first-order valence-electron chi connectivity index (χ1n) is 0. The molecule has 0 aliphatic carbocycles. The zero-order chi connectivity index (χ0) is 0. The first-order valence-corrected chi connectivity index (χ1v) is 0. The topological polar surface area (TPSA) is 0 Å². The molecule has 0 aliphatic heterocycles. The summed E-state index contributed by atoms with van der Waals surface area (Å²) in [7, 11) is 0. The molecule has 0 aromatic rings. The average Bonchev–Trinajstić information content (AvgIpc) is 0. The molecule has 0 fully saturated rings. The van der Waals surface area contributed by atoms with Gasteiger partial charge in [0.1, 0.15) is 0 Å². The van der Waals surface area contributed by atoms with Crippen LogP contribution in [0.25, 0.3) is 0 Å². The molecule has 0 N–H and O–H groups in total. The van der Waals surface area contributed by atoms with Crippen LogP contribution in [0.3, 0.4) is 0 Å². The predicted octanol–water partition coefficient (Wildman–Crippen LogP) is -0.767. The van der Waals surface area contributed by atoms with Crippen LogP contribution in [-0.2, 0) is 40.3 Å². The number of rotatable bonds is 0. The molecule has 4 heteroatoms. The van der Waals surface area contributed by atoms with E-state index in [1.54, 1.807) is 0 Å². The number of hydrogen-bond donors (Lipinski definition) is 0.